The van der Waals surface area contributed by atoms with Crippen molar-refractivity contribution >= 4 is 21.2 Å². The van der Waals surface area contributed by atoms with E-state index in [9.17, 15) is 18.5 Å². The Morgan fingerprint density at radius 2 is 1.88 bits per heavy atom. The average Bonchev–Trinajstić information content (AvgIpc) is 2.95. The van der Waals surface area contributed by atoms with E-state index in [1.807, 2.05) is 12.1 Å². The van der Waals surface area contributed by atoms with Gasteiger partial charge in [-0.05, 0) is 43.5 Å². The Morgan fingerprint density at radius 3 is 2.50 bits per heavy atom. The van der Waals surface area contributed by atoms with Gasteiger partial charge in [-0.3, -0.25) is 10.1 Å². The first-order valence-corrected chi connectivity index (χ1v) is 10.4. The maximum absolute atomic E-state index is 12.0. The minimum atomic E-state index is -3.69. The van der Waals surface area contributed by atoms with Crippen molar-refractivity contribution in [1.29, 1.82) is 0 Å². The van der Waals surface area contributed by atoms with Crippen molar-refractivity contribution in [2.75, 3.05) is 17.7 Å². The molecule has 2 aromatic carbocycles. The van der Waals surface area contributed by atoms with Gasteiger partial charge in [0.2, 0.25) is 0 Å². The molecule has 3 rings (SSSR count). The van der Waals surface area contributed by atoms with E-state index >= 15 is 0 Å². The molecular weight excluding hydrogens is 352 g/mol. The highest BCUT2D eigenvalue weighted by Crippen LogP contribution is 2.38. The summed E-state index contributed by atoms with van der Waals surface area (Å²) >= 11 is 0. The Balaban J connectivity index is 1.97. The topological polar surface area (TPSA) is 80.5 Å². The highest BCUT2D eigenvalue weighted by molar-refractivity contribution is 7.90. The Hall–Kier alpha value is -2.41. The van der Waals surface area contributed by atoms with Crippen molar-refractivity contribution in [2.45, 2.75) is 37.1 Å². The van der Waals surface area contributed by atoms with Crippen molar-refractivity contribution in [3.8, 4) is 0 Å². The molecule has 2 aromatic rings. The van der Waals surface area contributed by atoms with Crippen LogP contribution in [-0.4, -0.2) is 32.2 Å². The van der Waals surface area contributed by atoms with E-state index in [-0.39, 0.29) is 16.6 Å². The summed E-state index contributed by atoms with van der Waals surface area (Å²) in [5.74, 6) is 0.350. The zero-order valence-corrected chi connectivity index (χ0v) is 15.9. The molecule has 0 saturated carbocycles. The van der Waals surface area contributed by atoms with Crippen LogP contribution in [0.4, 0.5) is 11.4 Å². The molecule has 2 unspecified atom stereocenters. The van der Waals surface area contributed by atoms with Gasteiger partial charge in [-0.2, -0.15) is 0 Å². The van der Waals surface area contributed by atoms with Gasteiger partial charge in [-0.1, -0.05) is 24.3 Å². The molecule has 7 heteroatoms. The molecule has 0 amide bonds. The smallest absolute Gasteiger partial charge is 0.288 e. The van der Waals surface area contributed by atoms with Crippen molar-refractivity contribution < 1.29 is 13.3 Å². The van der Waals surface area contributed by atoms with Gasteiger partial charge in [0.15, 0.2) is 9.84 Å². The number of nitro groups is 1. The predicted molar refractivity (Wildman–Crippen MR) is 102 cm³/mol. The van der Waals surface area contributed by atoms with Gasteiger partial charge in [0, 0.05) is 36.5 Å². The fourth-order valence-corrected chi connectivity index (χ4v) is 4.65. The molecule has 0 N–H and O–H groups in total. The summed E-state index contributed by atoms with van der Waals surface area (Å²) in [5.41, 5.74) is 2.87. The first kappa shape index (κ1) is 18.4. The largest absolute Gasteiger partial charge is 0.368 e. The number of hydrogen-bond acceptors (Lipinski definition) is 5. The SMILES string of the molecule is Cc1ccccc1C1CC(C)N(c2ccc([N+](=O)[O-])c(S(C)(=O)=O)c2)C1. The normalized spacial score (nSPS) is 20.3. The Morgan fingerprint density at radius 1 is 1.19 bits per heavy atom. The van der Waals surface area contributed by atoms with Crippen LogP contribution >= 0.6 is 0 Å². The third kappa shape index (κ3) is 3.44. The summed E-state index contributed by atoms with van der Waals surface area (Å²) < 4.78 is 24.0. The zero-order valence-electron chi connectivity index (χ0n) is 15.0. The number of benzene rings is 2. The minimum Gasteiger partial charge on any atom is -0.368 e. The fourth-order valence-electron chi connectivity index (χ4n) is 3.79. The monoisotopic (exact) mass is 374 g/mol. The lowest BCUT2D eigenvalue weighted by Crippen LogP contribution is -2.26. The van der Waals surface area contributed by atoms with E-state index in [2.05, 4.69) is 30.9 Å². The molecule has 0 radical (unpaired) electrons. The summed E-state index contributed by atoms with van der Waals surface area (Å²) in [6, 6.07) is 12.9. The van der Waals surface area contributed by atoms with Crippen LogP contribution in [0.5, 0.6) is 0 Å². The van der Waals surface area contributed by atoms with Gasteiger partial charge in [0.25, 0.3) is 5.69 Å². The second-order valence-corrected chi connectivity index (χ2v) is 8.96. The predicted octanol–water partition coefficient (Wildman–Crippen LogP) is 3.69. The zero-order chi connectivity index (χ0) is 19.1. The summed E-state index contributed by atoms with van der Waals surface area (Å²) in [6.07, 6.45) is 1.96. The second kappa shape index (κ2) is 6.72. The Bertz CT molecular complexity index is 956. The van der Waals surface area contributed by atoms with Crippen LogP contribution in [-0.2, 0) is 9.84 Å². The number of sulfone groups is 1. The standard InChI is InChI=1S/C19H22N2O4S/c1-13-6-4-5-7-17(13)15-10-14(2)20(12-15)16-8-9-18(21(22)23)19(11-16)26(3,24)25/h4-9,11,14-15H,10,12H2,1-3H3. The molecule has 1 aliphatic rings. The van der Waals surface area contributed by atoms with Crippen LogP contribution in [0.2, 0.25) is 0 Å². The van der Waals surface area contributed by atoms with E-state index in [0.717, 1.165) is 19.2 Å². The molecule has 2 atom stereocenters. The lowest BCUT2D eigenvalue weighted by Gasteiger charge is -2.24. The average molecular weight is 374 g/mol. The molecule has 0 aromatic heterocycles. The van der Waals surface area contributed by atoms with Gasteiger partial charge in [-0.15, -0.1) is 0 Å². The van der Waals surface area contributed by atoms with Crippen LogP contribution in [0.25, 0.3) is 0 Å². The van der Waals surface area contributed by atoms with E-state index in [0.29, 0.717) is 11.6 Å². The summed E-state index contributed by atoms with van der Waals surface area (Å²) in [6.45, 7) is 4.95. The summed E-state index contributed by atoms with van der Waals surface area (Å²) in [4.78, 5) is 12.4. The summed E-state index contributed by atoms with van der Waals surface area (Å²) in [5, 5.41) is 11.2. The van der Waals surface area contributed by atoms with Crippen molar-refractivity contribution in [3.63, 3.8) is 0 Å². The Kier molecular flexibility index (Phi) is 4.75. The van der Waals surface area contributed by atoms with Crippen molar-refractivity contribution in [2.24, 2.45) is 0 Å². The Labute approximate surface area is 153 Å². The number of nitro benzene ring substituents is 1. The van der Waals surface area contributed by atoms with Crippen LogP contribution < -0.4 is 4.90 Å². The molecule has 0 spiro atoms. The van der Waals surface area contributed by atoms with Crippen molar-refractivity contribution in [3.05, 3.63) is 63.7 Å². The van der Waals surface area contributed by atoms with Gasteiger partial charge in [0.05, 0.1) is 4.92 Å². The van der Waals surface area contributed by atoms with Crippen LogP contribution in [0.1, 0.15) is 30.4 Å². The molecule has 1 aliphatic heterocycles. The molecule has 0 aliphatic carbocycles. The molecule has 26 heavy (non-hydrogen) atoms. The van der Waals surface area contributed by atoms with Gasteiger partial charge in [-0.25, -0.2) is 8.42 Å². The van der Waals surface area contributed by atoms with Crippen LogP contribution in [0.15, 0.2) is 47.4 Å². The second-order valence-electron chi connectivity index (χ2n) is 6.97. The highest BCUT2D eigenvalue weighted by atomic mass is 32.2. The fraction of sp³-hybridized carbons (Fsp3) is 0.368. The third-order valence-electron chi connectivity index (χ3n) is 5.07. The van der Waals surface area contributed by atoms with E-state index in [1.54, 1.807) is 6.07 Å². The molecule has 1 heterocycles. The quantitative estimate of drug-likeness (QED) is 0.602. The van der Waals surface area contributed by atoms with Crippen molar-refractivity contribution in [1.82, 2.24) is 0 Å². The van der Waals surface area contributed by atoms with E-state index in [1.165, 1.54) is 23.3 Å². The molecule has 1 fully saturated rings. The third-order valence-corrected chi connectivity index (χ3v) is 6.20. The minimum absolute atomic E-state index is 0.216. The highest BCUT2D eigenvalue weighted by Gasteiger charge is 2.32. The van der Waals surface area contributed by atoms with Crippen LogP contribution in [0.3, 0.4) is 0 Å². The molecule has 0 bridgehead atoms. The molecular formula is C19H22N2O4S. The van der Waals surface area contributed by atoms with E-state index < -0.39 is 14.8 Å². The number of aryl methyl sites for hydroxylation is 1. The van der Waals surface area contributed by atoms with Gasteiger partial charge < -0.3 is 4.90 Å². The van der Waals surface area contributed by atoms with Gasteiger partial charge >= 0.3 is 0 Å². The first-order valence-electron chi connectivity index (χ1n) is 8.49. The van der Waals surface area contributed by atoms with E-state index in [4.69, 9.17) is 0 Å². The molecule has 1 saturated heterocycles. The first-order chi connectivity index (χ1) is 12.2. The number of anilines is 1. The molecule has 138 valence electrons. The lowest BCUT2D eigenvalue weighted by molar-refractivity contribution is -0.387. The number of hydrogen-bond donors (Lipinski definition) is 0. The maximum Gasteiger partial charge on any atom is 0.288 e. The number of nitrogens with zero attached hydrogens (tertiary/aromatic N) is 2. The number of rotatable bonds is 4. The van der Waals surface area contributed by atoms with Gasteiger partial charge in [0.1, 0.15) is 4.90 Å². The lowest BCUT2D eigenvalue weighted by atomic mass is 9.93. The van der Waals surface area contributed by atoms with Crippen LogP contribution in [0, 0.1) is 17.0 Å². The maximum atomic E-state index is 12.0. The molecule has 6 nitrogen and oxygen atoms in total. The summed E-state index contributed by atoms with van der Waals surface area (Å²) in [7, 11) is -3.69.